The number of nitrogens with zero attached hydrogens (tertiary/aromatic N) is 2. The summed E-state index contributed by atoms with van der Waals surface area (Å²) in [5.41, 5.74) is 3.15. The Morgan fingerprint density at radius 3 is 2.59 bits per heavy atom. The summed E-state index contributed by atoms with van der Waals surface area (Å²) in [5.74, 6) is 0. The molecule has 1 aromatic heterocycles. The minimum absolute atomic E-state index is 0.394. The van der Waals surface area contributed by atoms with Crippen molar-refractivity contribution in [3.05, 3.63) is 66.0 Å². The third-order valence-electron chi connectivity index (χ3n) is 4.87. The van der Waals surface area contributed by atoms with Crippen molar-refractivity contribution >= 4 is 0 Å². The van der Waals surface area contributed by atoms with Crippen LogP contribution in [-0.2, 0) is 17.7 Å². The van der Waals surface area contributed by atoms with Gasteiger partial charge in [0.2, 0.25) is 0 Å². The van der Waals surface area contributed by atoms with Gasteiger partial charge in [-0.1, -0.05) is 30.3 Å². The minimum atomic E-state index is 0.394. The van der Waals surface area contributed by atoms with Gasteiger partial charge in [0, 0.05) is 37.4 Å². The predicted molar refractivity (Wildman–Crippen MR) is 86.5 cm³/mol. The molecule has 0 saturated carbocycles. The minimum Gasteiger partial charge on any atom is -0.377 e. The van der Waals surface area contributed by atoms with Crippen LogP contribution in [0.25, 0.3) is 0 Å². The van der Waals surface area contributed by atoms with Crippen molar-refractivity contribution in [3.8, 4) is 0 Å². The van der Waals surface area contributed by atoms with E-state index in [4.69, 9.17) is 4.74 Å². The lowest BCUT2D eigenvalue weighted by Crippen LogP contribution is -2.56. The Morgan fingerprint density at radius 2 is 1.82 bits per heavy atom. The third-order valence-corrected chi connectivity index (χ3v) is 4.87. The predicted octanol–water partition coefficient (Wildman–Crippen LogP) is 2.92. The molecule has 1 atom stereocenters. The van der Waals surface area contributed by atoms with Gasteiger partial charge in [0.15, 0.2) is 0 Å². The second kappa shape index (κ2) is 5.82. The standard InChI is InChI=1S/C19H22N2O/c1-2-4-16(5-3-1)10-18-11-19(15-22-18)13-21(14-19)12-17-6-8-20-9-7-17/h1-9,18H,10-15H2/t18-/m0/s1. The summed E-state index contributed by atoms with van der Waals surface area (Å²) in [6.07, 6.45) is 6.39. The van der Waals surface area contributed by atoms with Gasteiger partial charge < -0.3 is 4.74 Å². The lowest BCUT2D eigenvalue weighted by Gasteiger charge is -2.47. The molecule has 0 radical (unpaired) electrons. The average molecular weight is 294 g/mol. The van der Waals surface area contributed by atoms with E-state index in [0.717, 1.165) is 19.6 Å². The van der Waals surface area contributed by atoms with Gasteiger partial charge in [-0.2, -0.15) is 0 Å². The average Bonchev–Trinajstić information content (AvgIpc) is 2.93. The number of ether oxygens (including phenoxy) is 1. The summed E-state index contributed by atoms with van der Waals surface area (Å²) >= 11 is 0. The first kappa shape index (κ1) is 13.9. The zero-order chi connectivity index (χ0) is 14.8. The third kappa shape index (κ3) is 2.92. The highest BCUT2D eigenvalue weighted by Crippen LogP contribution is 2.42. The number of likely N-dealkylation sites (tertiary alicyclic amines) is 1. The highest BCUT2D eigenvalue weighted by molar-refractivity contribution is 5.17. The van der Waals surface area contributed by atoms with E-state index in [1.807, 2.05) is 12.4 Å². The molecule has 2 aliphatic rings. The molecular weight excluding hydrogens is 272 g/mol. The van der Waals surface area contributed by atoms with Crippen LogP contribution in [0.15, 0.2) is 54.9 Å². The summed E-state index contributed by atoms with van der Waals surface area (Å²) in [5, 5.41) is 0. The van der Waals surface area contributed by atoms with Crippen LogP contribution in [0.3, 0.4) is 0 Å². The molecule has 114 valence electrons. The van der Waals surface area contributed by atoms with Gasteiger partial charge >= 0.3 is 0 Å². The summed E-state index contributed by atoms with van der Waals surface area (Å²) in [4.78, 5) is 6.60. The van der Waals surface area contributed by atoms with E-state index in [1.165, 1.54) is 30.6 Å². The lowest BCUT2D eigenvalue weighted by atomic mass is 9.77. The van der Waals surface area contributed by atoms with Crippen molar-refractivity contribution in [2.24, 2.45) is 5.41 Å². The van der Waals surface area contributed by atoms with Crippen LogP contribution in [0.5, 0.6) is 0 Å². The van der Waals surface area contributed by atoms with Crippen LogP contribution in [0.4, 0.5) is 0 Å². The van der Waals surface area contributed by atoms with Crippen molar-refractivity contribution in [2.75, 3.05) is 19.7 Å². The molecule has 0 amide bonds. The first-order valence-electron chi connectivity index (χ1n) is 8.08. The van der Waals surface area contributed by atoms with Crippen LogP contribution in [0.1, 0.15) is 17.5 Å². The first-order valence-corrected chi connectivity index (χ1v) is 8.08. The Balaban J connectivity index is 1.29. The zero-order valence-electron chi connectivity index (χ0n) is 12.8. The van der Waals surface area contributed by atoms with Gasteiger partial charge in [0.25, 0.3) is 0 Å². The lowest BCUT2D eigenvalue weighted by molar-refractivity contribution is -0.0140. The summed E-state index contributed by atoms with van der Waals surface area (Å²) in [6.45, 7) is 4.30. The van der Waals surface area contributed by atoms with E-state index in [9.17, 15) is 0 Å². The molecule has 2 aliphatic heterocycles. The Kier molecular flexibility index (Phi) is 3.68. The monoisotopic (exact) mass is 294 g/mol. The van der Waals surface area contributed by atoms with Crippen molar-refractivity contribution in [1.82, 2.24) is 9.88 Å². The van der Waals surface area contributed by atoms with E-state index in [1.54, 1.807) is 0 Å². The van der Waals surface area contributed by atoms with Gasteiger partial charge in [-0.25, -0.2) is 0 Å². The highest BCUT2D eigenvalue weighted by Gasteiger charge is 2.48. The number of rotatable bonds is 4. The molecule has 0 aliphatic carbocycles. The molecule has 0 N–H and O–H groups in total. The van der Waals surface area contributed by atoms with Gasteiger partial charge in [0.05, 0.1) is 12.7 Å². The second-order valence-electron chi connectivity index (χ2n) is 6.83. The molecule has 0 bridgehead atoms. The SMILES string of the molecule is c1ccc(C[C@H]2CC3(CO2)CN(Cc2ccncc2)C3)cc1. The van der Waals surface area contributed by atoms with Crippen LogP contribution < -0.4 is 0 Å². The van der Waals surface area contributed by atoms with Gasteiger partial charge in [-0.3, -0.25) is 9.88 Å². The van der Waals surface area contributed by atoms with Crippen molar-refractivity contribution in [3.63, 3.8) is 0 Å². The first-order chi connectivity index (χ1) is 10.8. The Hall–Kier alpha value is -1.71. The van der Waals surface area contributed by atoms with Crippen LogP contribution >= 0.6 is 0 Å². The largest absolute Gasteiger partial charge is 0.377 e. The van der Waals surface area contributed by atoms with Crippen molar-refractivity contribution in [2.45, 2.75) is 25.5 Å². The molecule has 0 unspecified atom stereocenters. The van der Waals surface area contributed by atoms with Crippen LogP contribution in [0.2, 0.25) is 0 Å². The molecule has 1 aromatic carbocycles. The number of aromatic nitrogens is 1. The maximum atomic E-state index is 6.08. The topological polar surface area (TPSA) is 25.4 Å². The van der Waals surface area contributed by atoms with E-state index in [-0.39, 0.29) is 0 Å². The number of hydrogen-bond acceptors (Lipinski definition) is 3. The Labute approximate surface area is 131 Å². The van der Waals surface area contributed by atoms with E-state index < -0.39 is 0 Å². The van der Waals surface area contributed by atoms with Crippen molar-refractivity contribution < 1.29 is 4.74 Å². The molecule has 3 heteroatoms. The quantitative estimate of drug-likeness (QED) is 0.867. The maximum absolute atomic E-state index is 6.08. The fraction of sp³-hybridized carbons (Fsp3) is 0.421. The van der Waals surface area contributed by atoms with E-state index in [2.05, 4.69) is 52.3 Å². The highest BCUT2D eigenvalue weighted by atomic mass is 16.5. The zero-order valence-corrected chi connectivity index (χ0v) is 12.8. The van der Waals surface area contributed by atoms with Gasteiger partial charge in [-0.15, -0.1) is 0 Å². The molecule has 2 aromatic rings. The van der Waals surface area contributed by atoms with Crippen LogP contribution in [-0.4, -0.2) is 35.7 Å². The maximum Gasteiger partial charge on any atom is 0.0622 e. The second-order valence-corrected chi connectivity index (χ2v) is 6.83. The summed E-state index contributed by atoms with van der Waals surface area (Å²) in [6, 6.07) is 14.9. The molecule has 4 rings (SSSR count). The van der Waals surface area contributed by atoms with Crippen LogP contribution in [0, 0.1) is 5.41 Å². The molecule has 3 heterocycles. The molecule has 22 heavy (non-hydrogen) atoms. The van der Waals surface area contributed by atoms with Crippen molar-refractivity contribution in [1.29, 1.82) is 0 Å². The molecule has 2 fully saturated rings. The summed E-state index contributed by atoms with van der Waals surface area (Å²) in [7, 11) is 0. The Bertz CT molecular complexity index is 608. The molecule has 2 saturated heterocycles. The van der Waals surface area contributed by atoms with E-state index >= 15 is 0 Å². The van der Waals surface area contributed by atoms with Gasteiger partial charge in [-0.05, 0) is 36.1 Å². The number of hydrogen-bond donors (Lipinski definition) is 0. The fourth-order valence-corrected chi connectivity index (χ4v) is 3.88. The Morgan fingerprint density at radius 1 is 1.05 bits per heavy atom. The fourth-order valence-electron chi connectivity index (χ4n) is 3.88. The molecule has 3 nitrogen and oxygen atoms in total. The molecule has 1 spiro atoms. The summed E-state index contributed by atoms with van der Waals surface area (Å²) < 4.78 is 6.08. The number of pyridine rings is 1. The van der Waals surface area contributed by atoms with E-state index in [0.29, 0.717) is 11.5 Å². The molecular formula is C19H22N2O. The van der Waals surface area contributed by atoms with Gasteiger partial charge in [0.1, 0.15) is 0 Å². The number of benzene rings is 1. The smallest absolute Gasteiger partial charge is 0.0622 e. The normalized spacial score (nSPS) is 23.5.